The summed E-state index contributed by atoms with van der Waals surface area (Å²) in [5, 5.41) is 5.22. The van der Waals surface area contributed by atoms with Gasteiger partial charge in [0.25, 0.3) is 11.8 Å². The van der Waals surface area contributed by atoms with Crippen molar-refractivity contribution >= 4 is 45.3 Å². The number of amides is 4. The van der Waals surface area contributed by atoms with Crippen molar-refractivity contribution in [2.75, 3.05) is 30.9 Å². The number of imide groups is 1. The monoisotopic (exact) mass is 432 g/mol. The summed E-state index contributed by atoms with van der Waals surface area (Å²) in [4.78, 5) is 42.2. The largest absolute Gasteiger partial charge is 0.385 e. The van der Waals surface area contributed by atoms with Gasteiger partial charge in [0.2, 0.25) is 0 Å². The van der Waals surface area contributed by atoms with Gasteiger partial charge in [-0.3, -0.25) is 19.8 Å². The van der Waals surface area contributed by atoms with E-state index in [0.717, 1.165) is 4.47 Å². The van der Waals surface area contributed by atoms with Crippen molar-refractivity contribution in [1.29, 1.82) is 0 Å². The number of hydrogen-bond acceptors (Lipinski definition) is 5. The molecule has 2 aromatic rings. The maximum atomic E-state index is 12.5. The van der Waals surface area contributed by atoms with E-state index in [0.29, 0.717) is 36.6 Å². The van der Waals surface area contributed by atoms with Crippen LogP contribution < -0.4 is 10.6 Å². The zero-order valence-electron chi connectivity index (χ0n) is 14.5. The highest BCUT2D eigenvalue weighted by molar-refractivity contribution is 9.10. The molecule has 3 rings (SSSR count). The number of aromatic nitrogens is 1. The summed E-state index contributed by atoms with van der Waals surface area (Å²) >= 11 is 3.27. The van der Waals surface area contributed by atoms with Gasteiger partial charge in [-0.25, -0.2) is 9.78 Å². The zero-order valence-corrected chi connectivity index (χ0v) is 16.1. The smallest absolute Gasteiger partial charge is 0.324 e. The standard InChI is InChI=1S/C18H17BrN4O4/c1-27-8-2-7-23-16(24)13-5-4-12(9-14(13)17(23)25)21-18(26)22-15-6-3-11(19)10-20-15/h3-6,9-10H,2,7-8H2,1H3,(H2,20,21,22,26). The number of ether oxygens (including phenoxy) is 1. The lowest BCUT2D eigenvalue weighted by atomic mass is 10.1. The average Bonchev–Trinajstić information content (AvgIpc) is 2.88. The molecule has 0 bridgehead atoms. The van der Waals surface area contributed by atoms with Crippen LogP contribution in [0.1, 0.15) is 27.1 Å². The number of nitrogens with one attached hydrogen (secondary N) is 2. The molecule has 0 spiro atoms. The van der Waals surface area contributed by atoms with Crippen molar-refractivity contribution in [2.45, 2.75) is 6.42 Å². The Balaban J connectivity index is 1.68. The van der Waals surface area contributed by atoms with E-state index in [-0.39, 0.29) is 17.4 Å². The summed E-state index contributed by atoms with van der Waals surface area (Å²) in [7, 11) is 1.56. The van der Waals surface area contributed by atoms with E-state index in [1.165, 1.54) is 11.0 Å². The Labute approximate surface area is 164 Å². The Morgan fingerprint density at radius 3 is 2.63 bits per heavy atom. The molecule has 0 unspecified atom stereocenters. The van der Waals surface area contributed by atoms with Crippen molar-refractivity contribution in [1.82, 2.24) is 9.88 Å². The van der Waals surface area contributed by atoms with Crippen LogP contribution in [0.15, 0.2) is 41.0 Å². The molecule has 0 radical (unpaired) electrons. The van der Waals surface area contributed by atoms with E-state index in [1.54, 1.807) is 37.6 Å². The number of nitrogens with zero attached hydrogens (tertiary/aromatic N) is 2. The fourth-order valence-corrected chi connectivity index (χ4v) is 2.90. The molecule has 0 saturated heterocycles. The molecule has 2 heterocycles. The SMILES string of the molecule is COCCCN1C(=O)c2ccc(NC(=O)Nc3ccc(Br)cn3)cc2C1=O. The molecule has 0 atom stereocenters. The first-order chi connectivity index (χ1) is 13.0. The van der Waals surface area contributed by atoms with Gasteiger partial charge in [-0.05, 0) is 52.7 Å². The van der Waals surface area contributed by atoms with Crippen molar-refractivity contribution in [3.63, 3.8) is 0 Å². The number of rotatable bonds is 6. The average molecular weight is 433 g/mol. The Bertz CT molecular complexity index is 885. The van der Waals surface area contributed by atoms with Crippen molar-refractivity contribution in [2.24, 2.45) is 0 Å². The molecule has 1 aromatic carbocycles. The molecule has 1 aliphatic heterocycles. The Kier molecular flexibility index (Phi) is 5.82. The molecule has 0 saturated carbocycles. The fourth-order valence-electron chi connectivity index (χ4n) is 2.67. The lowest BCUT2D eigenvalue weighted by molar-refractivity contribution is 0.0638. The van der Waals surface area contributed by atoms with Gasteiger partial charge in [-0.2, -0.15) is 0 Å². The van der Waals surface area contributed by atoms with Crippen LogP contribution in [0.2, 0.25) is 0 Å². The Morgan fingerprint density at radius 1 is 1.15 bits per heavy atom. The van der Waals surface area contributed by atoms with Crippen molar-refractivity contribution in [3.05, 3.63) is 52.1 Å². The third-order valence-electron chi connectivity index (χ3n) is 3.93. The quantitative estimate of drug-likeness (QED) is 0.539. The van der Waals surface area contributed by atoms with E-state index in [2.05, 4.69) is 31.5 Å². The van der Waals surface area contributed by atoms with E-state index < -0.39 is 6.03 Å². The van der Waals surface area contributed by atoms with Crippen LogP contribution in [0.5, 0.6) is 0 Å². The summed E-state index contributed by atoms with van der Waals surface area (Å²) in [6, 6.07) is 7.52. The summed E-state index contributed by atoms with van der Waals surface area (Å²) in [6.45, 7) is 0.753. The molecule has 9 heteroatoms. The van der Waals surface area contributed by atoms with Crippen LogP contribution in [-0.4, -0.2) is 48.0 Å². The van der Waals surface area contributed by atoms with E-state index >= 15 is 0 Å². The second kappa shape index (κ2) is 8.28. The lowest BCUT2D eigenvalue weighted by Gasteiger charge is -2.12. The van der Waals surface area contributed by atoms with Gasteiger partial charge in [0.15, 0.2) is 0 Å². The fraction of sp³-hybridized carbons (Fsp3) is 0.222. The van der Waals surface area contributed by atoms with Gasteiger partial charge in [-0.1, -0.05) is 0 Å². The Hall–Kier alpha value is -2.78. The lowest BCUT2D eigenvalue weighted by Crippen LogP contribution is -2.31. The van der Waals surface area contributed by atoms with Crippen LogP contribution in [0, 0.1) is 0 Å². The summed E-state index contributed by atoms with van der Waals surface area (Å²) in [6.07, 6.45) is 2.13. The van der Waals surface area contributed by atoms with Gasteiger partial charge >= 0.3 is 6.03 Å². The van der Waals surface area contributed by atoms with Gasteiger partial charge < -0.3 is 10.1 Å². The first-order valence-corrected chi connectivity index (χ1v) is 8.97. The molecule has 1 aliphatic rings. The predicted octanol–water partition coefficient (Wildman–Crippen LogP) is 3.12. The van der Waals surface area contributed by atoms with Crippen molar-refractivity contribution in [3.8, 4) is 0 Å². The number of benzene rings is 1. The summed E-state index contributed by atoms with van der Waals surface area (Å²) in [5.74, 6) is -0.321. The van der Waals surface area contributed by atoms with Gasteiger partial charge in [0.05, 0.1) is 11.1 Å². The number of fused-ring (bicyclic) bond motifs is 1. The number of pyridine rings is 1. The number of anilines is 2. The predicted molar refractivity (Wildman–Crippen MR) is 103 cm³/mol. The van der Waals surface area contributed by atoms with E-state index in [9.17, 15) is 14.4 Å². The van der Waals surface area contributed by atoms with E-state index in [4.69, 9.17) is 4.74 Å². The zero-order chi connectivity index (χ0) is 19.4. The summed E-state index contributed by atoms with van der Waals surface area (Å²) in [5.41, 5.74) is 1.01. The maximum Gasteiger partial charge on any atom is 0.324 e. The minimum absolute atomic E-state index is 0.275. The normalized spacial score (nSPS) is 12.9. The second-order valence-electron chi connectivity index (χ2n) is 5.81. The van der Waals surface area contributed by atoms with Crippen LogP contribution in [0.25, 0.3) is 0 Å². The van der Waals surface area contributed by atoms with Gasteiger partial charge in [0.1, 0.15) is 5.82 Å². The number of halogens is 1. The third kappa shape index (κ3) is 4.32. The first-order valence-electron chi connectivity index (χ1n) is 8.18. The van der Waals surface area contributed by atoms with E-state index in [1.807, 2.05) is 0 Å². The highest BCUT2D eigenvalue weighted by Crippen LogP contribution is 2.26. The molecule has 0 fully saturated rings. The second-order valence-corrected chi connectivity index (χ2v) is 6.73. The molecular formula is C18H17BrN4O4. The molecule has 2 N–H and O–H groups in total. The molecule has 4 amide bonds. The van der Waals surface area contributed by atoms with Crippen LogP contribution in [-0.2, 0) is 4.74 Å². The number of urea groups is 1. The van der Waals surface area contributed by atoms with Crippen molar-refractivity contribution < 1.29 is 19.1 Å². The molecule has 140 valence electrons. The topological polar surface area (TPSA) is 101 Å². The summed E-state index contributed by atoms with van der Waals surface area (Å²) < 4.78 is 5.75. The van der Waals surface area contributed by atoms with Gasteiger partial charge in [0, 0.05) is 36.6 Å². The maximum absolute atomic E-state index is 12.5. The van der Waals surface area contributed by atoms with Crippen LogP contribution >= 0.6 is 15.9 Å². The van der Waals surface area contributed by atoms with Gasteiger partial charge in [-0.15, -0.1) is 0 Å². The molecule has 27 heavy (non-hydrogen) atoms. The molecule has 1 aromatic heterocycles. The highest BCUT2D eigenvalue weighted by Gasteiger charge is 2.35. The molecule has 0 aliphatic carbocycles. The minimum atomic E-state index is -0.501. The Morgan fingerprint density at radius 2 is 1.93 bits per heavy atom. The highest BCUT2D eigenvalue weighted by atomic mass is 79.9. The first kappa shape index (κ1) is 19.0. The number of carbonyl (C=O) groups excluding carboxylic acids is 3. The number of carbonyl (C=O) groups is 3. The molecular weight excluding hydrogens is 416 g/mol. The van der Waals surface area contributed by atoms with Crippen LogP contribution in [0.3, 0.4) is 0 Å². The number of methoxy groups -OCH3 is 1. The molecule has 8 nitrogen and oxygen atoms in total. The third-order valence-corrected chi connectivity index (χ3v) is 4.40. The number of hydrogen-bond donors (Lipinski definition) is 2. The minimum Gasteiger partial charge on any atom is -0.385 e. The van der Waals surface area contributed by atoms with Crippen LogP contribution in [0.4, 0.5) is 16.3 Å².